The average molecular weight is 234 g/mol. The van der Waals surface area contributed by atoms with Crippen molar-refractivity contribution in [1.29, 1.82) is 0 Å². The molecule has 5 nitrogen and oxygen atoms in total. The lowest BCUT2D eigenvalue weighted by Gasteiger charge is -2.13. The van der Waals surface area contributed by atoms with Crippen LogP contribution in [0.5, 0.6) is 0 Å². The predicted octanol–water partition coefficient (Wildman–Crippen LogP) is 1.65. The van der Waals surface area contributed by atoms with Crippen LogP contribution in [0, 0.1) is 5.92 Å². The number of amidine groups is 1. The Balaban J connectivity index is 2.19. The van der Waals surface area contributed by atoms with Gasteiger partial charge in [0.05, 0.1) is 5.56 Å². The monoisotopic (exact) mass is 234 g/mol. The SMILES string of the molecule is CC(C)C1NC(c2cccc(C(=O)O)c2)=NO1. The van der Waals surface area contributed by atoms with Crippen molar-refractivity contribution in [1.82, 2.24) is 5.32 Å². The summed E-state index contributed by atoms with van der Waals surface area (Å²) >= 11 is 0. The number of nitrogens with zero attached hydrogens (tertiary/aromatic N) is 1. The number of carboxylic acid groups (broad SMARTS) is 1. The summed E-state index contributed by atoms with van der Waals surface area (Å²) in [6.45, 7) is 4.04. The van der Waals surface area contributed by atoms with Gasteiger partial charge in [0.15, 0.2) is 5.84 Å². The van der Waals surface area contributed by atoms with Crippen LogP contribution in [0.4, 0.5) is 0 Å². The molecule has 1 atom stereocenters. The molecule has 2 N–H and O–H groups in total. The molecule has 1 heterocycles. The van der Waals surface area contributed by atoms with E-state index in [4.69, 9.17) is 9.94 Å². The van der Waals surface area contributed by atoms with E-state index in [-0.39, 0.29) is 11.8 Å². The molecule has 5 heteroatoms. The van der Waals surface area contributed by atoms with E-state index >= 15 is 0 Å². The third-order valence-electron chi connectivity index (χ3n) is 2.52. The van der Waals surface area contributed by atoms with E-state index in [1.54, 1.807) is 24.3 Å². The minimum atomic E-state index is -0.952. The Morgan fingerprint density at radius 2 is 2.29 bits per heavy atom. The quantitative estimate of drug-likeness (QED) is 0.834. The van der Waals surface area contributed by atoms with E-state index in [1.807, 2.05) is 13.8 Å². The molecule has 1 aliphatic rings. The summed E-state index contributed by atoms with van der Waals surface area (Å²) in [6.07, 6.45) is -0.154. The smallest absolute Gasteiger partial charge is 0.335 e. The number of carbonyl (C=O) groups is 1. The van der Waals surface area contributed by atoms with Crippen molar-refractivity contribution in [3.8, 4) is 0 Å². The maximum atomic E-state index is 10.8. The molecule has 1 aliphatic heterocycles. The topological polar surface area (TPSA) is 70.9 Å². The molecule has 1 aromatic rings. The maximum absolute atomic E-state index is 10.8. The van der Waals surface area contributed by atoms with Crippen molar-refractivity contribution in [3.63, 3.8) is 0 Å². The third kappa shape index (κ3) is 2.38. The number of hydrogen-bond donors (Lipinski definition) is 2. The van der Waals surface area contributed by atoms with Crippen molar-refractivity contribution >= 4 is 11.8 Å². The van der Waals surface area contributed by atoms with E-state index in [0.29, 0.717) is 17.3 Å². The van der Waals surface area contributed by atoms with Crippen LogP contribution in [0.3, 0.4) is 0 Å². The van der Waals surface area contributed by atoms with Gasteiger partial charge in [0.1, 0.15) is 0 Å². The molecule has 0 spiro atoms. The summed E-state index contributed by atoms with van der Waals surface area (Å²) in [6, 6.07) is 6.60. The minimum absolute atomic E-state index is 0.154. The van der Waals surface area contributed by atoms with E-state index in [9.17, 15) is 4.79 Å². The summed E-state index contributed by atoms with van der Waals surface area (Å²) in [5, 5.41) is 15.9. The highest BCUT2D eigenvalue weighted by atomic mass is 16.7. The lowest BCUT2D eigenvalue weighted by Crippen LogP contribution is -2.34. The predicted molar refractivity (Wildman–Crippen MR) is 62.8 cm³/mol. The van der Waals surface area contributed by atoms with Gasteiger partial charge in [0.2, 0.25) is 6.23 Å². The van der Waals surface area contributed by atoms with Gasteiger partial charge < -0.3 is 15.3 Å². The van der Waals surface area contributed by atoms with Gasteiger partial charge in [0, 0.05) is 11.5 Å². The van der Waals surface area contributed by atoms with Crippen molar-refractivity contribution < 1.29 is 14.7 Å². The molecule has 0 aromatic heterocycles. The fraction of sp³-hybridized carbons (Fsp3) is 0.333. The van der Waals surface area contributed by atoms with Gasteiger partial charge in [-0.25, -0.2) is 4.79 Å². The summed E-state index contributed by atoms with van der Waals surface area (Å²) < 4.78 is 0. The number of benzene rings is 1. The van der Waals surface area contributed by atoms with Crippen molar-refractivity contribution in [3.05, 3.63) is 35.4 Å². The molecule has 17 heavy (non-hydrogen) atoms. The highest BCUT2D eigenvalue weighted by molar-refractivity contribution is 6.01. The lowest BCUT2D eigenvalue weighted by molar-refractivity contribution is 0.0393. The van der Waals surface area contributed by atoms with Crippen LogP contribution in [0.2, 0.25) is 0 Å². The van der Waals surface area contributed by atoms with E-state index in [0.717, 1.165) is 0 Å². The first-order chi connectivity index (χ1) is 8.08. The summed E-state index contributed by atoms with van der Waals surface area (Å²) in [5.41, 5.74) is 0.952. The van der Waals surface area contributed by atoms with Crippen LogP contribution < -0.4 is 5.32 Å². The zero-order valence-electron chi connectivity index (χ0n) is 9.68. The molecule has 0 amide bonds. The average Bonchev–Trinajstić information content (AvgIpc) is 2.78. The van der Waals surface area contributed by atoms with Crippen LogP contribution in [-0.4, -0.2) is 23.1 Å². The number of oxime groups is 1. The number of carboxylic acids is 1. The second kappa shape index (κ2) is 4.45. The van der Waals surface area contributed by atoms with E-state index in [2.05, 4.69) is 10.5 Å². The van der Waals surface area contributed by atoms with Crippen LogP contribution in [0.15, 0.2) is 29.4 Å². The first-order valence-electron chi connectivity index (χ1n) is 5.42. The zero-order chi connectivity index (χ0) is 12.4. The lowest BCUT2D eigenvalue weighted by atomic mass is 10.1. The Hall–Kier alpha value is -2.04. The van der Waals surface area contributed by atoms with E-state index in [1.165, 1.54) is 0 Å². The Bertz CT molecular complexity index is 469. The molecule has 90 valence electrons. The van der Waals surface area contributed by atoms with Gasteiger partial charge in [-0.05, 0) is 12.1 Å². The number of rotatable bonds is 3. The first kappa shape index (κ1) is 11.4. The Labute approximate surface area is 99.1 Å². The molecule has 1 aromatic carbocycles. The Kier molecular flexibility index (Phi) is 2.99. The molecule has 1 unspecified atom stereocenters. The second-order valence-electron chi connectivity index (χ2n) is 4.24. The van der Waals surface area contributed by atoms with Crippen LogP contribution >= 0.6 is 0 Å². The van der Waals surface area contributed by atoms with Gasteiger partial charge in [-0.15, -0.1) is 0 Å². The molecule has 0 radical (unpaired) electrons. The van der Waals surface area contributed by atoms with E-state index < -0.39 is 5.97 Å². The second-order valence-corrected chi connectivity index (χ2v) is 4.24. The molecule has 0 saturated carbocycles. The zero-order valence-corrected chi connectivity index (χ0v) is 9.68. The maximum Gasteiger partial charge on any atom is 0.335 e. The van der Waals surface area contributed by atoms with Crippen molar-refractivity contribution in [2.24, 2.45) is 11.1 Å². The Morgan fingerprint density at radius 1 is 1.53 bits per heavy atom. The summed E-state index contributed by atoms with van der Waals surface area (Å²) in [4.78, 5) is 16.1. The highest BCUT2D eigenvalue weighted by Crippen LogP contribution is 2.14. The van der Waals surface area contributed by atoms with Gasteiger partial charge in [-0.2, -0.15) is 0 Å². The number of hydrogen-bond acceptors (Lipinski definition) is 4. The largest absolute Gasteiger partial charge is 0.478 e. The fourth-order valence-corrected chi connectivity index (χ4v) is 1.52. The molecule has 0 aliphatic carbocycles. The molecule has 2 rings (SSSR count). The first-order valence-corrected chi connectivity index (χ1v) is 5.42. The van der Waals surface area contributed by atoms with Crippen molar-refractivity contribution in [2.75, 3.05) is 0 Å². The van der Waals surface area contributed by atoms with Crippen LogP contribution in [0.1, 0.15) is 29.8 Å². The molecule has 0 bridgehead atoms. The Morgan fingerprint density at radius 3 is 2.88 bits per heavy atom. The van der Waals surface area contributed by atoms with Gasteiger partial charge in [-0.1, -0.05) is 31.1 Å². The van der Waals surface area contributed by atoms with Gasteiger partial charge in [-0.3, -0.25) is 0 Å². The standard InChI is InChI=1S/C12H14N2O3/c1-7(2)11-13-10(14-17-11)8-4-3-5-9(6-8)12(15)16/h3-7,11H,1-2H3,(H,13,14)(H,15,16). The van der Waals surface area contributed by atoms with Gasteiger partial charge >= 0.3 is 5.97 Å². The summed E-state index contributed by atoms with van der Waals surface area (Å²) in [7, 11) is 0. The molecular weight excluding hydrogens is 220 g/mol. The summed E-state index contributed by atoms with van der Waals surface area (Å²) in [5.74, 6) is -0.0857. The molecule has 0 saturated heterocycles. The van der Waals surface area contributed by atoms with Gasteiger partial charge in [0.25, 0.3) is 0 Å². The number of aromatic carboxylic acids is 1. The molecule has 0 fully saturated rings. The highest BCUT2D eigenvalue weighted by Gasteiger charge is 2.23. The molecular formula is C12H14N2O3. The van der Waals surface area contributed by atoms with Crippen LogP contribution in [-0.2, 0) is 4.84 Å². The minimum Gasteiger partial charge on any atom is -0.478 e. The number of nitrogens with one attached hydrogen (secondary N) is 1. The third-order valence-corrected chi connectivity index (χ3v) is 2.52. The normalized spacial score (nSPS) is 18.5. The van der Waals surface area contributed by atoms with Crippen molar-refractivity contribution in [2.45, 2.75) is 20.1 Å². The van der Waals surface area contributed by atoms with Crippen LogP contribution in [0.25, 0.3) is 0 Å². The fourth-order valence-electron chi connectivity index (χ4n) is 1.52.